The van der Waals surface area contributed by atoms with Gasteiger partial charge in [-0.05, 0) is 52.7 Å². The Balaban J connectivity index is 0.931. The Morgan fingerprint density at radius 1 is 0.400 bits per heavy atom. The molecule has 0 amide bonds. The topological polar surface area (TPSA) is 82.3 Å². The molecule has 0 saturated heterocycles. The third kappa shape index (κ3) is 5.73. The summed E-state index contributed by atoms with van der Waals surface area (Å²) in [6.45, 7) is 0. The number of para-hydroxylation sites is 2. The Morgan fingerprint density at radius 3 is 1.78 bits per heavy atom. The molecule has 0 N–H and O–H groups in total. The lowest BCUT2D eigenvalue weighted by atomic mass is 10.0. The molecule has 5 heterocycles. The van der Waals surface area contributed by atoms with Crippen LogP contribution in [-0.2, 0) is 0 Å². The van der Waals surface area contributed by atoms with Gasteiger partial charge in [0.15, 0.2) is 17.5 Å². The molecule has 0 aliphatic carbocycles. The SMILES string of the molecule is c1ccc(-c2nc(-c3ccc(-c4ncnc5c4sc4ncc(-c6ccc7ccccc7c6)cc45)cc3)nc(-c3cccc(-n4c5ccccc5c5ccccc54)c3)n2)cc1. The van der Waals surface area contributed by atoms with Crippen molar-refractivity contribution in [2.45, 2.75) is 0 Å². The molecule has 12 rings (SSSR count). The molecule has 0 fully saturated rings. The fraction of sp³-hybridized carbons (Fsp3) is 0. The van der Waals surface area contributed by atoms with Crippen molar-refractivity contribution in [1.82, 2.24) is 34.5 Å². The van der Waals surface area contributed by atoms with Crippen molar-refractivity contribution in [3.05, 3.63) is 188 Å². The third-order valence-corrected chi connectivity index (χ3v) is 12.3. The van der Waals surface area contributed by atoms with E-state index in [9.17, 15) is 0 Å². The minimum Gasteiger partial charge on any atom is -0.309 e. The number of thiophene rings is 1. The lowest BCUT2D eigenvalue weighted by Crippen LogP contribution is -2.01. The average Bonchev–Trinajstić information content (AvgIpc) is 3.87. The predicted molar refractivity (Wildman–Crippen MR) is 245 cm³/mol. The quantitative estimate of drug-likeness (QED) is 0.167. The maximum absolute atomic E-state index is 5.11. The molecule has 5 aromatic heterocycles. The highest BCUT2D eigenvalue weighted by molar-refractivity contribution is 7.25. The summed E-state index contributed by atoms with van der Waals surface area (Å²) in [4.78, 5) is 30.6. The minimum absolute atomic E-state index is 0.591. The second-order valence-corrected chi connectivity index (χ2v) is 15.8. The van der Waals surface area contributed by atoms with Gasteiger partial charge in [0.2, 0.25) is 0 Å². The Kier molecular flexibility index (Phi) is 7.89. The lowest BCUT2D eigenvalue weighted by Gasteiger charge is -2.12. The van der Waals surface area contributed by atoms with Crippen LogP contribution in [-0.4, -0.2) is 34.5 Å². The van der Waals surface area contributed by atoms with Crippen molar-refractivity contribution in [1.29, 1.82) is 0 Å². The zero-order valence-electron chi connectivity index (χ0n) is 31.9. The van der Waals surface area contributed by atoms with Gasteiger partial charge in [-0.1, -0.05) is 140 Å². The fourth-order valence-corrected chi connectivity index (χ4v) is 9.40. The van der Waals surface area contributed by atoms with Gasteiger partial charge in [-0.2, -0.15) is 0 Å². The molecule has 7 aromatic carbocycles. The normalized spacial score (nSPS) is 11.7. The zero-order chi connectivity index (χ0) is 39.6. The first-order valence-corrected chi connectivity index (χ1v) is 20.6. The number of nitrogens with zero attached hydrogens (tertiary/aromatic N) is 7. The number of hydrogen-bond donors (Lipinski definition) is 0. The maximum atomic E-state index is 5.11. The second kappa shape index (κ2) is 13.9. The molecule has 0 aliphatic rings. The van der Waals surface area contributed by atoms with Crippen LogP contribution in [0.3, 0.4) is 0 Å². The van der Waals surface area contributed by atoms with Crippen LogP contribution in [0.2, 0.25) is 0 Å². The summed E-state index contributed by atoms with van der Waals surface area (Å²) < 4.78 is 3.31. The number of rotatable bonds is 6. The lowest BCUT2D eigenvalue weighted by molar-refractivity contribution is 1.07. The van der Waals surface area contributed by atoms with Gasteiger partial charge >= 0.3 is 0 Å². The highest BCUT2D eigenvalue weighted by Gasteiger charge is 2.18. The molecular formula is C52H31N7S. The van der Waals surface area contributed by atoms with E-state index in [1.54, 1.807) is 17.7 Å². The standard InChI is InChI=1S/C52H31N7S/c1-2-12-34(13-3-1)49-56-50(58-51(57-49)38-15-10-16-40(28-38)59-44-19-8-6-17-41(44)42-18-7-9-20-45(42)59)35-24-22-33(23-25-35)46-48-47(55-31-54-46)43-29-39(30-53-52(43)60-48)37-26-21-32-11-4-5-14-36(32)27-37/h1-31H. The summed E-state index contributed by atoms with van der Waals surface area (Å²) in [6, 6.07) is 61.1. The van der Waals surface area contributed by atoms with Crippen molar-refractivity contribution >= 4 is 64.3 Å². The van der Waals surface area contributed by atoms with Gasteiger partial charge in [-0.3, -0.25) is 0 Å². The molecule has 0 unspecified atom stereocenters. The summed E-state index contributed by atoms with van der Waals surface area (Å²) >= 11 is 1.62. The van der Waals surface area contributed by atoms with Crippen LogP contribution in [0.1, 0.15) is 0 Å². The van der Waals surface area contributed by atoms with Gasteiger partial charge < -0.3 is 4.57 Å². The van der Waals surface area contributed by atoms with E-state index in [4.69, 9.17) is 29.9 Å². The molecule has 60 heavy (non-hydrogen) atoms. The number of pyridine rings is 1. The van der Waals surface area contributed by atoms with Gasteiger partial charge in [-0.15, -0.1) is 11.3 Å². The van der Waals surface area contributed by atoms with E-state index in [-0.39, 0.29) is 0 Å². The summed E-state index contributed by atoms with van der Waals surface area (Å²) in [5, 5.41) is 5.87. The summed E-state index contributed by atoms with van der Waals surface area (Å²) in [5.41, 5.74) is 11.0. The van der Waals surface area contributed by atoms with Gasteiger partial charge in [-0.25, -0.2) is 29.9 Å². The second-order valence-electron chi connectivity index (χ2n) is 14.8. The van der Waals surface area contributed by atoms with Crippen LogP contribution >= 0.6 is 11.3 Å². The van der Waals surface area contributed by atoms with Gasteiger partial charge in [0, 0.05) is 55.9 Å². The van der Waals surface area contributed by atoms with Crippen molar-refractivity contribution in [2.75, 3.05) is 0 Å². The van der Waals surface area contributed by atoms with E-state index in [2.05, 4.69) is 150 Å². The first kappa shape index (κ1) is 34.1. The number of aromatic nitrogens is 7. The molecule has 8 heteroatoms. The molecule has 0 saturated carbocycles. The van der Waals surface area contributed by atoms with Crippen LogP contribution in [0.4, 0.5) is 0 Å². The van der Waals surface area contributed by atoms with Gasteiger partial charge in [0.05, 0.1) is 26.9 Å². The Bertz CT molecular complexity index is 3560. The molecule has 12 aromatic rings. The largest absolute Gasteiger partial charge is 0.309 e. The van der Waals surface area contributed by atoms with E-state index >= 15 is 0 Å². The molecule has 0 radical (unpaired) electrons. The Hall–Kier alpha value is -7.94. The number of benzene rings is 7. The summed E-state index contributed by atoms with van der Waals surface area (Å²) in [5.74, 6) is 1.80. The monoisotopic (exact) mass is 785 g/mol. The molecule has 0 bridgehead atoms. The van der Waals surface area contributed by atoms with Gasteiger partial charge in [0.25, 0.3) is 0 Å². The molecular weight excluding hydrogens is 755 g/mol. The smallest absolute Gasteiger partial charge is 0.164 e. The Morgan fingerprint density at radius 2 is 1.02 bits per heavy atom. The van der Waals surface area contributed by atoms with Crippen LogP contribution in [0.25, 0.3) is 115 Å². The summed E-state index contributed by atoms with van der Waals surface area (Å²) in [7, 11) is 0. The average molecular weight is 786 g/mol. The summed E-state index contributed by atoms with van der Waals surface area (Å²) in [6.07, 6.45) is 3.61. The maximum Gasteiger partial charge on any atom is 0.164 e. The zero-order valence-corrected chi connectivity index (χ0v) is 32.8. The van der Waals surface area contributed by atoms with Crippen molar-refractivity contribution in [3.8, 4) is 62.2 Å². The van der Waals surface area contributed by atoms with Crippen molar-refractivity contribution in [3.63, 3.8) is 0 Å². The molecule has 0 spiro atoms. The van der Waals surface area contributed by atoms with Crippen LogP contribution in [0, 0.1) is 0 Å². The third-order valence-electron chi connectivity index (χ3n) is 11.2. The highest BCUT2D eigenvalue weighted by Crippen LogP contribution is 2.39. The molecule has 280 valence electrons. The van der Waals surface area contributed by atoms with E-state index in [1.807, 2.05) is 36.5 Å². The predicted octanol–water partition coefficient (Wildman–Crippen LogP) is 13.0. The van der Waals surface area contributed by atoms with Crippen molar-refractivity contribution in [2.24, 2.45) is 0 Å². The van der Waals surface area contributed by atoms with E-state index in [0.717, 1.165) is 76.2 Å². The van der Waals surface area contributed by atoms with Gasteiger partial charge in [0.1, 0.15) is 11.2 Å². The first-order chi connectivity index (χ1) is 29.7. The van der Waals surface area contributed by atoms with E-state index in [1.165, 1.54) is 21.5 Å². The number of fused-ring (bicyclic) bond motifs is 7. The molecule has 7 nitrogen and oxygen atoms in total. The number of hydrogen-bond acceptors (Lipinski definition) is 7. The first-order valence-electron chi connectivity index (χ1n) is 19.8. The Labute approximate surface area is 348 Å². The van der Waals surface area contributed by atoms with E-state index in [0.29, 0.717) is 17.5 Å². The molecule has 0 atom stereocenters. The minimum atomic E-state index is 0.591. The van der Waals surface area contributed by atoms with E-state index < -0.39 is 0 Å². The van der Waals surface area contributed by atoms with Crippen LogP contribution < -0.4 is 0 Å². The van der Waals surface area contributed by atoms with Crippen LogP contribution in [0.5, 0.6) is 0 Å². The highest BCUT2D eigenvalue weighted by atomic mass is 32.1. The fourth-order valence-electron chi connectivity index (χ4n) is 8.31. The van der Waals surface area contributed by atoms with Crippen molar-refractivity contribution < 1.29 is 0 Å². The molecule has 0 aliphatic heterocycles. The van der Waals surface area contributed by atoms with Crippen LogP contribution in [0.15, 0.2) is 188 Å².